The van der Waals surface area contributed by atoms with E-state index in [0.29, 0.717) is 33.8 Å². The Labute approximate surface area is 166 Å². The molecular weight excluding hydrogens is 417 g/mol. The Bertz CT molecular complexity index is 1060. The van der Waals surface area contributed by atoms with Crippen LogP contribution < -0.4 is 15.0 Å². The van der Waals surface area contributed by atoms with Crippen molar-refractivity contribution in [1.29, 1.82) is 0 Å². The van der Waals surface area contributed by atoms with Crippen LogP contribution in [-0.2, 0) is 12.7 Å². The Hall–Kier alpha value is -2.52. The first-order chi connectivity index (χ1) is 13.2. The number of hydrogen-bond donors (Lipinski definition) is 0. The number of hydrogen-bond acceptors (Lipinski definition) is 5. The van der Waals surface area contributed by atoms with Gasteiger partial charge in [-0.15, -0.1) is 11.3 Å². The van der Waals surface area contributed by atoms with Gasteiger partial charge in [-0.25, -0.2) is 4.98 Å². The van der Waals surface area contributed by atoms with Crippen LogP contribution >= 0.6 is 22.9 Å². The van der Waals surface area contributed by atoms with Crippen LogP contribution in [0.5, 0.6) is 11.5 Å². The van der Waals surface area contributed by atoms with E-state index in [9.17, 15) is 18.0 Å². The van der Waals surface area contributed by atoms with Crippen molar-refractivity contribution in [1.82, 2.24) is 9.55 Å². The van der Waals surface area contributed by atoms with Crippen molar-refractivity contribution < 1.29 is 22.6 Å². The minimum absolute atomic E-state index is 0.141. The summed E-state index contributed by atoms with van der Waals surface area (Å²) in [7, 11) is 3.05. The molecule has 0 atom stereocenters. The molecule has 2 heterocycles. The molecule has 0 unspecified atom stereocenters. The average Bonchev–Trinajstić information content (AvgIpc) is 3.12. The summed E-state index contributed by atoms with van der Waals surface area (Å²) in [5.74, 6) is 1.15. The Morgan fingerprint density at radius 2 is 1.96 bits per heavy atom. The summed E-state index contributed by atoms with van der Waals surface area (Å²) in [6.07, 6.45) is -3.87. The van der Waals surface area contributed by atoms with Gasteiger partial charge >= 0.3 is 6.18 Å². The normalized spacial score (nSPS) is 11.5. The first-order valence-corrected chi connectivity index (χ1v) is 9.12. The largest absolute Gasteiger partial charge is 0.497 e. The van der Waals surface area contributed by atoms with E-state index in [-0.39, 0.29) is 6.54 Å². The molecule has 2 aromatic heterocycles. The average molecular weight is 431 g/mol. The van der Waals surface area contributed by atoms with Crippen molar-refractivity contribution in [2.24, 2.45) is 0 Å². The fourth-order valence-electron chi connectivity index (χ4n) is 2.52. The molecule has 0 radical (unpaired) electrons. The molecular formula is C18H14ClF3N2O3S. The predicted octanol–water partition coefficient (Wildman–Crippen LogP) is 4.71. The van der Waals surface area contributed by atoms with Gasteiger partial charge in [0.15, 0.2) is 0 Å². The van der Waals surface area contributed by atoms with E-state index in [1.807, 2.05) is 0 Å². The zero-order valence-electron chi connectivity index (χ0n) is 14.7. The van der Waals surface area contributed by atoms with E-state index in [0.717, 1.165) is 10.8 Å². The molecule has 0 bridgehead atoms. The molecule has 10 heteroatoms. The van der Waals surface area contributed by atoms with Gasteiger partial charge in [0, 0.05) is 17.6 Å². The monoisotopic (exact) mass is 430 g/mol. The van der Waals surface area contributed by atoms with Gasteiger partial charge in [-0.3, -0.25) is 4.79 Å². The van der Waals surface area contributed by atoms with Crippen LogP contribution in [0.15, 0.2) is 40.6 Å². The van der Waals surface area contributed by atoms with Crippen LogP contribution in [0.2, 0.25) is 5.02 Å². The van der Waals surface area contributed by atoms with Crippen LogP contribution in [0.4, 0.5) is 13.2 Å². The molecule has 1 aromatic carbocycles. The van der Waals surface area contributed by atoms with Crippen molar-refractivity contribution in [2.45, 2.75) is 12.7 Å². The summed E-state index contributed by atoms with van der Waals surface area (Å²) in [5.41, 5.74) is -0.583. The van der Waals surface area contributed by atoms with Crippen molar-refractivity contribution in [3.05, 3.63) is 62.5 Å². The van der Waals surface area contributed by atoms with E-state index in [1.54, 1.807) is 23.6 Å². The number of rotatable bonds is 5. The van der Waals surface area contributed by atoms with Gasteiger partial charge in [0.25, 0.3) is 5.56 Å². The number of alkyl halides is 3. The first-order valence-electron chi connectivity index (χ1n) is 7.87. The molecule has 0 saturated carbocycles. The molecule has 28 heavy (non-hydrogen) atoms. The van der Waals surface area contributed by atoms with Crippen molar-refractivity contribution in [2.75, 3.05) is 14.2 Å². The zero-order valence-corrected chi connectivity index (χ0v) is 16.3. The lowest BCUT2D eigenvalue weighted by atomic mass is 10.2. The Balaban J connectivity index is 1.94. The van der Waals surface area contributed by atoms with E-state index in [4.69, 9.17) is 21.1 Å². The zero-order chi connectivity index (χ0) is 20.5. The number of pyridine rings is 1. The van der Waals surface area contributed by atoms with E-state index in [2.05, 4.69) is 4.98 Å². The second kappa shape index (κ2) is 7.84. The maximum atomic E-state index is 13.0. The molecule has 0 aliphatic heterocycles. The Morgan fingerprint density at radius 3 is 2.61 bits per heavy atom. The number of nitrogens with zero attached hydrogens (tertiary/aromatic N) is 2. The SMILES string of the molecule is COc1ccc(-c2nc(Cn3cc(C(F)(F)F)cc(Cl)c3=O)cs2)c(OC)c1. The molecule has 0 aliphatic rings. The van der Waals surface area contributed by atoms with Gasteiger partial charge in [0.2, 0.25) is 0 Å². The summed E-state index contributed by atoms with van der Waals surface area (Å²) >= 11 is 6.96. The highest BCUT2D eigenvalue weighted by Gasteiger charge is 2.32. The predicted molar refractivity (Wildman–Crippen MR) is 100 cm³/mol. The third-order valence-corrected chi connectivity index (χ3v) is 5.09. The minimum atomic E-state index is -4.61. The number of halogens is 4. The fourth-order valence-corrected chi connectivity index (χ4v) is 3.59. The topological polar surface area (TPSA) is 53.4 Å². The van der Waals surface area contributed by atoms with Crippen LogP contribution in [0.3, 0.4) is 0 Å². The van der Waals surface area contributed by atoms with Gasteiger partial charge in [-0.05, 0) is 18.2 Å². The van der Waals surface area contributed by atoms with Gasteiger partial charge < -0.3 is 14.0 Å². The van der Waals surface area contributed by atoms with E-state index < -0.39 is 22.3 Å². The van der Waals surface area contributed by atoms with Crippen LogP contribution in [-0.4, -0.2) is 23.8 Å². The summed E-state index contributed by atoms with van der Waals surface area (Å²) in [4.78, 5) is 16.5. The third kappa shape index (κ3) is 4.15. The Morgan fingerprint density at radius 1 is 1.21 bits per heavy atom. The molecule has 3 rings (SSSR count). The molecule has 3 aromatic rings. The standard InChI is InChI=1S/C18H14ClF3N2O3S/c1-26-12-3-4-13(15(6-12)27-2)16-23-11(9-28-16)8-24-7-10(18(20,21)22)5-14(19)17(24)25/h3-7,9H,8H2,1-2H3. The minimum Gasteiger partial charge on any atom is -0.497 e. The lowest BCUT2D eigenvalue weighted by Gasteiger charge is -2.11. The van der Waals surface area contributed by atoms with Gasteiger partial charge in [0.05, 0.1) is 37.6 Å². The van der Waals surface area contributed by atoms with Crippen LogP contribution in [0, 0.1) is 0 Å². The third-order valence-electron chi connectivity index (χ3n) is 3.89. The van der Waals surface area contributed by atoms with Crippen molar-refractivity contribution in [3.8, 4) is 22.1 Å². The van der Waals surface area contributed by atoms with Crippen LogP contribution in [0.25, 0.3) is 10.6 Å². The van der Waals surface area contributed by atoms with E-state index in [1.165, 1.54) is 25.6 Å². The quantitative estimate of drug-likeness (QED) is 0.588. The van der Waals surface area contributed by atoms with Crippen LogP contribution in [0.1, 0.15) is 11.3 Å². The maximum Gasteiger partial charge on any atom is 0.417 e. The highest BCUT2D eigenvalue weighted by atomic mass is 35.5. The highest BCUT2D eigenvalue weighted by Crippen LogP contribution is 2.35. The molecule has 5 nitrogen and oxygen atoms in total. The molecule has 0 aliphatic carbocycles. The maximum absolute atomic E-state index is 13.0. The molecule has 0 spiro atoms. The molecule has 0 N–H and O–H groups in total. The number of benzene rings is 1. The lowest BCUT2D eigenvalue weighted by molar-refractivity contribution is -0.138. The second-order valence-corrected chi connectivity index (χ2v) is 6.98. The number of ether oxygens (including phenoxy) is 2. The Kier molecular flexibility index (Phi) is 5.66. The number of thiazole rings is 1. The fraction of sp³-hybridized carbons (Fsp3) is 0.222. The van der Waals surface area contributed by atoms with Crippen molar-refractivity contribution in [3.63, 3.8) is 0 Å². The summed E-state index contributed by atoms with van der Waals surface area (Å²) in [6, 6.07) is 5.84. The van der Waals surface area contributed by atoms with Crippen molar-refractivity contribution >= 4 is 22.9 Å². The number of methoxy groups -OCH3 is 2. The smallest absolute Gasteiger partial charge is 0.417 e. The lowest BCUT2D eigenvalue weighted by Crippen LogP contribution is -2.23. The number of aromatic nitrogens is 2. The second-order valence-electron chi connectivity index (χ2n) is 5.72. The molecule has 0 saturated heterocycles. The van der Waals surface area contributed by atoms with Gasteiger partial charge in [-0.2, -0.15) is 13.2 Å². The van der Waals surface area contributed by atoms with E-state index >= 15 is 0 Å². The highest BCUT2D eigenvalue weighted by molar-refractivity contribution is 7.13. The molecule has 0 amide bonds. The molecule has 0 fully saturated rings. The molecule has 148 valence electrons. The summed E-state index contributed by atoms with van der Waals surface area (Å²) in [6.45, 7) is -0.141. The van der Waals surface area contributed by atoms with Gasteiger partial charge in [0.1, 0.15) is 21.5 Å². The van der Waals surface area contributed by atoms with Gasteiger partial charge in [-0.1, -0.05) is 11.6 Å². The first kappa shape index (κ1) is 20.2. The summed E-state index contributed by atoms with van der Waals surface area (Å²) < 4.78 is 50.3. The summed E-state index contributed by atoms with van der Waals surface area (Å²) in [5, 5.41) is 1.77.